The van der Waals surface area contributed by atoms with Gasteiger partial charge >= 0.3 is 0 Å². The molecule has 2 heterocycles. The molecule has 0 aliphatic carbocycles. The fourth-order valence-corrected chi connectivity index (χ4v) is 2.50. The number of nitrogens with two attached hydrogens (primary N) is 1. The Morgan fingerprint density at radius 1 is 1.35 bits per heavy atom. The highest BCUT2D eigenvalue weighted by Gasteiger charge is 2.07. The van der Waals surface area contributed by atoms with E-state index in [4.69, 9.17) is 10.5 Å². The van der Waals surface area contributed by atoms with Crippen LogP contribution in [0.1, 0.15) is 5.56 Å². The molecule has 20 heavy (non-hydrogen) atoms. The Labute approximate surface area is 129 Å². The number of nitrogen functional groups attached to an aromatic ring is 1. The monoisotopic (exact) mass is 380 g/mol. The highest BCUT2D eigenvalue weighted by atomic mass is 127. The molecule has 5 nitrogen and oxygen atoms in total. The Bertz CT molecular complexity index is 769. The molecule has 0 unspecified atom stereocenters. The van der Waals surface area contributed by atoms with Crippen LogP contribution in [0.2, 0.25) is 0 Å². The van der Waals surface area contributed by atoms with E-state index in [0.29, 0.717) is 12.4 Å². The molecule has 0 fully saturated rings. The number of rotatable bonds is 3. The van der Waals surface area contributed by atoms with E-state index >= 15 is 0 Å². The summed E-state index contributed by atoms with van der Waals surface area (Å²) in [7, 11) is 1.64. The summed E-state index contributed by atoms with van der Waals surface area (Å²) in [5.74, 6) is 1.30. The molecule has 0 radical (unpaired) electrons. The van der Waals surface area contributed by atoms with Gasteiger partial charge < -0.3 is 10.5 Å². The van der Waals surface area contributed by atoms with Crippen LogP contribution in [0.4, 0.5) is 5.82 Å². The van der Waals surface area contributed by atoms with E-state index in [1.54, 1.807) is 7.11 Å². The van der Waals surface area contributed by atoms with Gasteiger partial charge in [0.2, 0.25) is 0 Å². The molecule has 102 valence electrons. The Balaban J connectivity index is 2.01. The number of hydrogen-bond donors (Lipinski definition) is 1. The van der Waals surface area contributed by atoms with Gasteiger partial charge in [-0.15, -0.1) is 0 Å². The number of anilines is 1. The summed E-state index contributed by atoms with van der Waals surface area (Å²) >= 11 is 2.23. The minimum Gasteiger partial charge on any atom is -0.497 e. The maximum Gasteiger partial charge on any atom is 0.129 e. The van der Waals surface area contributed by atoms with E-state index < -0.39 is 0 Å². The molecule has 0 saturated heterocycles. The van der Waals surface area contributed by atoms with Crippen molar-refractivity contribution in [3.63, 3.8) is 0 Å². The third kappa shape index (κ3) is 2.55. The van der Waals surface area contributed by atoms with Crippen LogP contribution in [0.15, 0.2) is 36.7 Å². The molecule has 0 atom stereocenters. The summed E-state index contributed by atoms with van der Waals surface area (Å²) in [5.41, 5.74) is 7.83. The van der Waals surface area contributed by atoms with E-state index in [-0.39, 0.29) is 0 Å². The van der Waals surface area contributed by atoms with Crippen LogP contribution in [0.5, 0.6) is 5.75 Å². The van der Waals surface area contributed by atoms with Crippen LogP contribution in [-0.2, 0) is 6.54 Å². The lowest BCUT2D eigenvalue weighted by Gasteiger charge is -2.08. The highest BCUT2D eigenvalue weighted by Crippen LogP contribution is 2.23. The van der Waals surface area contributed by atoms with E-state index in [0.717, 1.165) is 25.8 Å². The zero-order valence-electron chi connectivity index (χ0n) is 10.9. The quantitative estimate of drug-likeness (QED) is 0.710. The van der Waals surface area contributed by atoms with Gasteiger partial charge in [0.25, 0.3) is 0 Å². The molecule has 0 aliphatic heterocycles. The van der Waals surface area contributed by atoms with Gasteiger partial charge in [0.1, 0.15) is 11.6 Å². The van der Waals surface area contributed by atoms with Gasteiger partial charge in [-0.1, -0.05) is 0 Å². The first-order chi connectivity index (χ1) is 9.65. The van der Waals surface area contributed by atoms with Crippen molar-refractivity contribution in [1.82, 2.24) is 14.8 Å². The number of nitrogens with zero attached hydrogens (tertiary/aromatic N) is 3. The number of halogens is 1. The molecule has 6 heteroatoms. The Hall–Kier alpha value is -1.83. The second kappa shape index (κ2) is 5.28. The van der Waals surface area contributed by atoms with Crippen LogP contribution in [0.3, 0.4) is 0 Å². The molecule has 0 amide bonds. The first-order valence-corrected chi connectivity index (χ1v) is 7.14. The Morgan fingerprint density at radius 2 is 2.20 bits per heavy atom. The van der Waals surface area contributed by atoms with Gasteiger partial charge in [0.05, 0.1) is 28.9 Å². The van der Waals surface area contributed by atoms with E-state index in [9.17, 15) is 0 Å². The van der Waals surface area contributed by atoms with Crippen LogP contribution in [0.25, 0.3) is 10.9 Å². The van der Waals surface area contributed by atoms with Crippen LogP contribution < -0.4 is 10.5 Å². The van der Waals surface area contributed by atoms with Crippen molar-refractivity contribution >= 4 is 39.3 Å². The van der Waals surface area contributed by atoms with E-state index in [2.05, 4.69) is 32.7 Å². The lowest BCUT2D eigenvalue weighted by molar-refractivity contribution is 0.415. The van der Waals surface area contributed by atoms with Crippen molar-refractivity contribution in [2.75, 3.05) is 12.8 Å². The molecular formula is C14H13IN4O. The molecule has 0 aliphatic rings. The summed E-state index contributed by atoms with van der Waals surface area (Å²) in [6.07, 6.45) is 3.79. The molecule has 0 saturated carbocycles. The van der Waals surface area contributed by atoms with Crippen molar-refractivity contribution in [3.8, 4) is 5.75 Å². The van der Waals surface area contributed by atoms with Crippen molar-refractivity contribution in [2.45, 2.75) is 6.54 Å². The second-order valence-corrected chi connectivity index (χ2v) is 5.69. The predicted molar refractivity (Wildman–Crippen MR) is 86.8 cm³/mol. The number of hydrogen-bond acceptors (Lipinski definition) is 4. The van der Waals surface area contributed by atoms with Gasteiger partial charge in [-0.3, -0.25) is 4.68 Å². The molecule has 2 N–H and O–H groups in total. The van der Waals surface area contributed by atoms with Gasteiger partial charge in [-0.05, 0) is 40.8 Å². The zero-order valence-corrected chi connectivity index (χ0v) is 13.0. The van der Waals surface area contributed by atoms with Crippen molar-refractivity contribution in [3.05, 3.63) is 45.8 Å². The number of methoxy groups -OCH3 is 1. The molecule has 3 aromatic rings. The second-order valence-electron chi connectivity index (χ2n) is 4.45. The molecule has 0 spiro atoms. The van der Waals surface area contributed by atoms with E-state index in [1.807, 2.05) is 41.3 Å². The minimum absolute atomic E-state index is 0.524. The normalized spacial score (nSPS) is 10.9. The highest BCUT2D eigenvalue weighted by molar-refractivity contribution is 14.1. The first-order valence-electron chi connectivity index (χ1n) is 6.07. The van der Waals surface area contributed by atoms with Crippen LogP contribution >= 0.6 is 22.6 Å². The summed E-state index contributed by atoms with van der Waals surface area (Å²) in [6.45, 7) is 0.615. The number of aromatic nitrogens is 3. The predicted octanol–water partition coefficient (Wildman–Crippen LogP) is 2.67. The van der Waals surface area contributed by atoms with Gasteiger partial charge in [-0.2, -0.15) is 5.10 Å². The Kier molecular flexibility index (Phi) is 3.47. The SMILES string of the molecule is COc1ccc2cc(Cn3cc(I)cn3)c(N)nc2c1. The third-order valence-electron chi connectivity index (χ3n) is 3.07. The van der Waals surface area contributed by atoms with Crippen molar-refractivity contribution < 1.29 is 4.74 Å². The average molecular weight is 380 g/mol. The fraction of sp³-hybridized carbons (Fsp3) is 0.143. The fourth-order valence-electron chi connectivity index (χ4n) is 2.06. The minimum atomic E-state index is 0.524. The number of pyridine rings is 1. The standard InChI is InChI=1S/C14H13IN4O/c1-20-12-3-2-9-4-10(14(16)18-13(9)5-12)7-19-8-11(15)6-17-19/h2-6,8H,7H2,1H3,(H2,16,18). The number of fused-ring (bicyclic) bond motifs is 1. The maximum atomic E-state index is 6.04. The number of benzene rings is 1. The third-order valence-corrected chi connectivity index (χ3v) is 3.63. The zero-order chi connectivity index (χ0) is 14.1. The summed E-state index contributed by atoms with van der Waals surface area (Å²) < 4.78 is 8.14. The molecule has 0 bridgehead atoms. The summed E-state index contributed by atoms with van der Waals surface area (Å²) in [4.78, 5) is 4.44. The van der Waals surface area contributed by atoms with Crippen molar-refractivity contribution in [2.24, 2.45) is 0 Å². The maximum absolute atomic E-state index is 6.04. The Morgan fingerprint density at radius 3 is 2.90 bits per heavy atom. The van der Waals surface area contributed by atoms with Crippen molar-refractivity contribution in [1.29, 1.82) is 0 Å². The molecular weight excluding hydrogens is 367 g/mol. The largest absolute Gasteiger partial charge is 0.497 e. The molecule has 2 aromatic heterocycles. The smallest absolute Gasteiger partial charge is 0.129 e. The van der Waals surface area contributed by atoms with Crippen LogP contribution in [0, 0.1) is 3.57 Å². The lowest BCUT2D eigenvalue weighted by Crippen LogP contribution is -2.05. The number of ether oxygens (including phenoxy) is 1. The van der Waals surface area contributed by atoms with E-state index in [1.165, 1.54) is 0 Å². The summed E-state index contributed by atoms with van der Waals surface area (Å²) in [5, 5.41) is 5.30. The average Bonchev–Trinajstić information content (AvgIpc) is 2.84. The molecule has 1 aromatic carbocycles. The van der Waals surface area contributed by atoms with Gasteiger partial charge in [-0.25, -0.2) is 4.98 Å². The van der Waals surface area contributed by atoms with Gasteiger partial charge in [0.15, 0.2) is 0 Å². The van der Waals surface area contributed by atoms with Crippen LogP contribution in [-0.4, -0.2) is 21.9 Å². The lowest BCUT2D eigenvalue weighted by atomic mass is 10.1. The first kappa shape index (κ1) is 13.2. The topological polar surface area (TPSA) is 66.0 Å². The van der Waals surface area contributed by atoms with Gasteiger partial charge in [0, 0.05) is 23.2 Å². The summed E-state index contributed by atoms with van der Waals surface area (Å²) in [6, 6.07) is 7.83. The molecule has 3 rings (SSSR count).